The largest absolute Gasteiger partial charge is 0.497 e. The summed E-state index contributed by atoms with van der Waals surface area (Å²) >= 11 is 6.05. The summed E-state index contributed by atoms with van der Waals surface area (Å²) in [7, 11) is 1.57. The van der Waals surface area contributed by atoms with Crippen molar-refractivity contribution in [1.29, 1.82) is 0 Å². The molecule has 1 aliphatic rings. The van der Waals surface area contributed by atoms with Crippen LogP contribution in [-0.2, 0) is 20.9 Å². The summed E-state index contributed by atoms with van der Waals surface area (Å²) in [5.41, 5.74) is 1.51. The van der Waals surface area contributed by atoms with E-state index in [0.717, 1.165) is 5.56 Å². The maximum atomic E-state index is 12.4. The van der Waals surface area contributed by atoms with Crippen molar-refractivity contribution < 1.29 is 19.1 Å². The molecule has 1 saturated heterocycles. The summed E-state index contributed by atoms with van der Waals surface area (Å²) in [6.45, 7) is 0.399. The van der Waals surface area contributed by atoms with Crippen molar-refractivity contribution in [1.82, 2.24) is 10.6 Å². The number of hydrogen-bond donors (Lipinski definition) is 2. The third-order valence-corrected chi connectivity index (χ3v) is 5.11. The van der Waals surface area contributed by atoms with E-state index in [2.05, 4.69) is 10.6 Å². The Morgan fingerprint density at radius 2 is 1.86 bits per heavy atom. The van der Waals surface area contributed by atoms with Gasteiger partial charge in [0.25, 0.3) is 0 Å². The zero-order valence-corrected chi connectivity index (χ0v) is 16.7. The van der Waals surface area contributed by atoms with Crippen LogP contribution in [0.15, 0.2) is 48.5 Å². The molecular formula is C21H22ClN3O4. The molecule has 29 heavy (non-hydrogen) atoms. The van der Waals surface area contributed by atoms with Crippen LogP contribution < -0.4 is 20.3 Å². The predicted molar refractivity (Wildman–Crippen MR) is 110 cm³/mol. The average Bonchev–Trinajstić information content (AvgIpc) is 3.13. The van der Waals surface area contributed by atoms with Crippen molar-refractivity contribution in [2.24, 2.45) is 5.92 Å². The van der Waals surface area contributed by atoms with Crippen LogP contribution in [0.1, 0.15) is 12.0 Å². The van der Waals surface area contributed by atoms with Gasteiger partial charge < -0.3 is 20.3 Å². The van der Waals surface area contributed by atoms with Crippen molar-refractivity contribution >= 4 is 35.0 Å². The molecule has 3 rings (SSSR count). The van der Waals surface area contributed by atoms with Gasteiger partial charge in [-0.05, 0) is 35.9 Å². The molecule has 3 amide bonds. The molecule has 1 fully saturated rings. The molecule has 0 aliphatic carbocycles. The maximum absolute atomic E-state index is 12.4. The van der Waals surface area contributed by atoms with Gasteiger partial charge in [0.2, 0.25) is 17.7 Å². The number of carbonyl (C=O) groups is 3. The number of benzene rings is 2. The Hall–Kier alpha value is -3.06. The number of ether oxygens (including phenoxy) is 1. The molecule has 8 heteroatoms. The molecule has 1 unspecified atom stereocenters. The second-order valence-corrected chi connectivity index (χ2v) is 7.10. The zero-order valence-electron chi connectivity index (χ0n) is 16.0. The van der Waals surface area contributed by atoms with E-state index in [-0.39, 0.29) is 43.8 Å². The van der Waals surface area contributed by atoms with Gasteiger partial charge >= 0.3 is 0 Å². The van der Waals surface area contributed by atoms with Crippen LogP contribution in [0.4, 0.5) is 5.69 Å². The molecule has 1 atom stereocenters. The Kier molecular flexibility index (Phi) is 6.72. The summed E-state index contributed by atoms with van der Waals surface area (Å²) in [5.74, 6) is -0.575. The summed E-state index contributed by atoms with van der Waals surface area (Å²) in [6, 6.07) is 14.3. The minimum absolute atomic E-state index is 0.110. The van der Waals surface area contributed by atoms with E-state index < -0.39 is 5.92 Å². The highest BCUT2D eigenvalue weighted by atomic mass is 35.5. The van der Waals surface area contributed by atoms with Crippen LogP contribution in [0.25, 0.3) is 0 Å². The number of amides is 3. The monoisotopic (exact) mass is 415 g/mol. The fraction of sp³-hybridized carbons (Fsp3) is 0.286. The number of nitrogens with zero attached hydrogens (tertiary/aromatic N) is 1. The van der Waals surface area contributed by atoms with Crippen LogP contribution in [0.2, 0.25) is 5.02 Å². The second-order valence-electron chi connectivity index (χ2n) is 6.69. The first-order valence-corrected chi connectivity index (χ1v) is 9.58. The van der Waals surface area contributed by atoms with Crippen molar-refractivity contribution in [2.75, 3.05) is 25.1 Å². The van der Waals surface area contributed by atoms with Crippen molar-refractivity contribution in [2.45, 2.75) is 13.0 Å². The number of anilines is 1. The highest BCUT2D eigenvalue weighted by molar-refractivity contribution is 6.31. The van der Waals surface area contributed by atoms with Crippen LogP contribution >= 0.6 is 11.6 Å². The minimum atomic E-state index is -0.499. The number of methoxy groups -OCH3 is 1. The number of halogens is 1. The Morgan fingerprint density at radius 1 is 1.14 bits per heavy atom. The normalized spacial score (nSPS) is 15.9. The maximum Gasteiger partial charge on any atom is 0.239 e. The molecule has 0 radical (unpaired) electrons. The molecule has 1 aliphatic heterocycles. The number of nitrogens with one attached hydrogen (secondary N) is 2. The number of hydrogen-bond acceptors (Lipinski definition) is 4. The molecule has 2 aromatic rings. The van der Waals surface area contributed by atoms with E-state index in [0.29, 0.717) is 16.5 Å². The molecule has 0 aromatic heterocycles. The summed E-state index contributed by atoms with van der Waals surface area (Å²) in [6.07, 6.45) is 0.110. The Bertz CT molecular complexity index is 901. The summed E-state index contributed by atoms with van der Waals surface area (Å²) in [5, 5.41) is 5.89. The fourth-order valence-electron chi connectivity index (χ4n) is 3.10. The molecule has 0 saturated carbocycles. The van der Waals surface area contributed by atoms with E-state index in [1.54, 1.807) is 42.3 Å². The zero-order chi connectivity index (χ0) is 20.8. The van der Waals surface area contributed by atoms with Gasteiger partial charge in [-0.2, -0.15) is 0 Å². The van der Waals surface area contributed by atoms with Crippen LogP contribution in [-0.4, -0.2) is 37.9 Å². The Morgan fingerprint density at radius 3 is 2.55 bits per heavy atom. The van der Waals surface area contributed by atoms with Crippen molar-refractivity contribution in [3.05, 3.63) is 59.1 Å². The molecule has 0 spiro atoms. The van der Waals surface area contributed by atoms with Gasteiger partial charge in [0.15, 0.2) is 0 Å². The molecule has 2 N–H and O–H groups in total. The standard InChI is InChI=1S/C21H22ClN3O4/c1-29-17-8-6-16(7-9-17)25-13-15(10-20(25)27)21(28)24-12-19(26)23-11-14-4-2-3-5-18(14)22/h2-9,15H,10-13H2,1H3,(H,23,26)(H,24,28). The Balaban J connectivity index is 1.47. The van der Waals surface area contributed by atoms with E-state index in [9.17, 15) is 14.4 Å². The summed E-state index contributed by atoms with van der Waals surface area (Å²) < 4.78 is 5.11. The first-order chi connectivity index (χ1) is 14.0. The molecule has 7 nitrogen and oxygen atoms in total. The number of rotatable bonds is 7. The lowest BCUT2D eigenvalue weighted by Gasteiger charge is -2.17. The fourth-order valence-corrected chi connectivity index (χ4v) is 3.31. The third-order valence-electron chi connectivity index (χ3n) is 4.74. The van der Waals surface area contributed by atoms with Gasteiger partial charge in [0.1, 0.15) is 5.75 Å². The van der Waals surface area contributed by atoms with Crippen LogP contribution in [0.5, 0.6) is 5.75 Å². The molecule has 2 aromatic carbocycles. The first kappa shape index (κ1) is 20.7. The van der Waals surface area contributed by atoms with Crippen LogP contribution in [0.3, 0.4) is 0 Å². The minimum Gasteiger partial charge on any atom is -0.497 e. The summed E-state index contributed by atoms with van der Waals surface area (Å²) in [4.78, 5) is 38.3. The Labute approximate surface area is 174 Å². The lowest BCUT2D eigenvalue weighted by Crippen LogP contribution is -2.40. The topological polar surface area (TPSA) is 87.7 Å². The van der Waals surface area contributed by atoms with Gasteiger partial charge in [0.05, 0.1) is 19.6 Å². The highest BCUT2D eigenvalue weighted by Crippen LogP contribution is 2.26. The van der Waals surface area contributed by atoms with Gasteiger partial charge in [0, 0.05) is 30.2 Å². The van der Waals surface area contributed by atoms with Gasteiger partial charge in [-0.15, -0.1) is 0 Å². The van der Waals surface area contributed by atoms with Crippen molar-refractivity contribution in [3.63, 3.8) is 0 Å². The second kappa shape index (κ2) is 9.43. The third kappa shape index (κ3) is 5.26. The molecule has 152 valence electrons. The molecule has 1 heterocycles. The van der Waals surface area contributed by atoms with E-state index >= 15 is 0 Å². The quantitative estimate of drug-likeness (QED) is 0.725. The highest BCUT2D eigenvalue weighted by Gasteiger charge is 2.35. The lowest BCUT2D eigenvalue weighted by atomic mass is 10.1. The smallest absolute Gasteiger partial charge is 0.239 e. The van der Waals surface area contributed by atoms with E-state index in [1.807, 2.05) is 18.2 Å². The first-order valence-electron chi connectivity index (χ1n) is 9.20. The predicted octanol–water partition coefficient (Wildman–Crippen LogP) is 2.13. The lowest BCUT2D eigenvalue weighted by molar-refractivity contribution is -0.129. The SMILES string of the molecule is COc1ccc(N2CC(C(=O)NCC(=O)NCc3ccccc3Cl)CC2=O)cc1. The molecule has 0 bridgehead atoms. The van der Waals surface area contributed by atoms with Crippen molar-refractivity contribution in [3.8, 4) is 5.75 Å². The van der Waals surface area contributed by atoms with Gasteiger partial charge in [-0.3, -0.25) is 14.4 Å². The molecular weight excluding hydrogens is 394 g/mol. The van der Waals surface area contributed by atoms with E-state index in [4.69, 9.17) is 16.3 Å². The van der Waals surface area contributed by atoms with Crippen LogP contribution in [0, 0.1) is 5.92 Å². The average molecular weight is 416 g/mol. The van der Waals surface area contributed by atoms with Gasteiger partial charge in [-0.25, -0.2) is 0 Å². The van der Waals surface area contributed by atoms with E-state index in [1.165, 1.54) is 0 Å². The number of carbonyl (C=O) groups excluding carboxylic acids is 3. The van der Waals surface area contributed by atoms with Gasteiger partial charge in [-0.1, -0.05) is 29.8 Å².